The van der Waals surface area contributed by atoms with Crippen LogP contribution in [0.5, 0.6) is 0 Å². The smallest absolute Gasteiger partial charge is 0.288 e. The fourth-order valence-corrected chi connectivity index (χ4v) is 4.64. The van der Waals surface area contributed by atoms with E-state index in [4.69, 9.17) is 16.6 Å². The number of anilines is 1. The molecule has 1 saturated heterocycles. The standard InChI is InChI=1S/C23H25ClN6O3S/c1-16-2-4-17(5-3-16)14-21-26-23(34-27-21)29-12-10-28(11-13-29)9-8-25-22(31)18-6-7-19(24)20(15-18)30(32)33/h2-7,15H,8-14H2,1H3,(H,25,31). The molecule has 3 aromatic rings. The predicted octanol–water partition coefficient (Wildman–Crippen LogP) is 3.55. The van der Waals surface area contributed by atoms with Gasteiger partial charge in [0.15, 0.2) is 0 Å². The molecule has 0 atom stereocenters. The van der Waals surface area contributed by atoms with Crippen LogP contribution in [0.25, 0.3) is 0 Å². The van der Waals surface area contributed by atoms with Gasteiger partial charge >= 0.3 is 0 Å². The number of nitro groups is 1. The van der Waals surface area contributed by atoms with Crippen LogP contribution in [-0.4, -0.2) is 64.4 Å². The van der Waals surface area contributed by atoms with Gasteiger partial charge in [-0.3, -0.25) is 19.8 Å². The number of hydrogen-bond acceptors (Lipinski definition) is 8. The maximum atomic E-state index is 12.3. The van der Waals surface area contributed by atoms with Crippen molar-refractivity contribution in [1.82, 2.24) is 19.6 Å². The van der Waals surface area contributed by atoms with E-state index in [0.29, 0.717) is 13.1 Å². The van der Waals surface area contributed by atoms with E-state index >= 15 is 0 Å². The number of benzene rings is 2. The molecule has 0 spiro atoms. The van der Waals surface area contributed by atoms with Crippen LogP contribution in [0.4, 0.5) is 10.8 Å². The highest BCUT2D eigenvalue weighted by Crippen LogP contribution is 2.25. The van der Waals surface area contributed by atoms with Gasteiger partial charge in [0, 0.05) is 68.9 Å². The zero-order valence-corrected chi connectivity index (χ0v) is 20.3. The molecule has 34 heavy (non-hydrogen) atoms. The number of carbonyl (C=O) groups excluding carboxylic acids is 1. The number of aromatic nitrogens is 2. The highest BCUT2D eigenvalue weighted by molar-refractivity contribution is 7.09. The van der Waals surface area contributed by atoms with Crippen LogP contribution in [0, 0.1) is 17.0 Å². The van der Waals surface area contributed by atoms with Gasteiger partial charge in [0.05, 0.1) is 4.92 Å². The molecule has 0 radical (unpaired) electrons. The van der Waals surface area contributed by atoms with E-state index in [0.717, 1.165) is 43.6 Å². The van der Waals surface area contributed by atoms with E-state index in [1.165, 1.54) is 40.9 Å². The Hall–Kier alpha value is -3.08. The van der Waals surface area contributed by atoms with Gasteiger partial charge in [0.1, 0.15) is 10.8 Å². The van der Waals surface area contributed by atoms with Crippen molar-refractivity contribution in [3.63, 3.8) is 0 Å². The highest BCUT2D eigenvalue weighted by Gasteiger charge is 2.21. The van der Waals surface area contributed by atoms with Gasteiger partial charge in [-0.1, -0.05) is 41.4 Å². The third-order valence-electron chi connectivity index (χ3n) is 5.70. The Morgan fingerprint density at radius 2 is 1.91 bits per heavy atom. The molecule has 1 N–H and O–H groups in total. The van der Waals surface area contributed by atoms with Gasteiger partial charge in [0.2, 0.25) is 5.13 Å². The summed E-state index contributed by atoms with van der Waals surface area (Å²) in [5, 5.41) is 14.8. The Kier molecular flexibility index (Phi) is 7.71. The Bertz CT molecular complexity index is 1160. The molecule has 1 aromatic heterocycles. The van der Waals surface area contributed by atoms with Crippen molar-refractivity contribution in [3.8, 4) is 0 Å². The molecule has 1 aliphatic rings. The Morgan fingerprint density at radius 3 is 2.62 bits per heavy atom. The molecule has 2 heterocycles. The van der Waals surface area contributed by atoms with E-state index in [9.17, 15) is 14.9 Å². The first-order valence-electron chi connectivity index (χ1n) is 11.0. The van der Waals surface area contributed by atoms with Crippen molar-refractivity contribution in [3.05, 3.63) is 80.1 Å². The molecule has 0 aliphatic carbocycles. The van der Waals surface area contributed by atoms with Crippen molar-refractivity contribution in [1.29, 1.82) is 0 Å². The number of rotatable bonds is 8. The minimum Gasteiger partial charge on any atom is -0.351 e. The third kappa shape index (κ3) is 6.07. The van der Waals surface area contributed by atoms with Gasteiger partial charge in [-0.05, 0) is 24.6 Å². The number of carbonyl (C=O) groups is 1. The Balaban J connectivity index is 1.21. The first-order chi connectivity index (χ1) is 16.4. The molecule has 0 unspecified atom stereocenters. The Morgan fingerprint density at radius 1 is 1.18 bits per heavy atom. The quantitative estimate of drug-likeness (QED) is 0.372. The second-order valence-corrected chi connectivity index (χ2v) is 9.30. The van der Waals surface area contributed by atoms with Crippen LogP contribution in [0.2, 0.25) is 5.02 Å². The van der Waals surface area contributed by atoms with Gasteiger partial charge in [0.25, 0.3) is 11.6 Å². The summed E-state index contributed by atoms with van der Waals surface area (Å²) < 4.78 is 4.53. The van der Waals surface area contributed by atoms with Crippen LogP contribution in [0.15, 0.2) is 42.5 Å². The second-order valence-electron chi connectivity index (χ2n) is 8.16. The number of piperazine rings is 1. The maximum absolute atomic E-state index is 12.3. The monoisotopic (exact) mass is 500 g/mol. The van der Waals surface area contributed by atoms with E-state index in [1.54, 1.807) is 0 Å². The average molecular weight is 501 g/mol. The van der Waals surface area contributed by atoms with Crippen LogP contribution in [0.1, 0.15) is 27.3 Å². The van der Waals surface area contributed by atoms with Gasteiger partial charge in [-0.2, -0.15) is 4.37 Å². The molecule has 9 nitrogen and oxygen atoms in total. The van der Waals surface area contributed by atoms with E-state index in [2.05, 4.69) is 50.7 Å². The number of nitro benzene ring substituents is 1. The zero-order chi connectivity index (χ0) is 24.1. The van der Waals surface area contributed by atoms with Gasteiger partial charge < -0.3 is 10.2 Å². The largest absolute Gasteiger partial charge is 0.351 e. The molecule has 0 saturated carbocycles. The highest BCUT2D eigenvalue weighted by atomic mass is 35.5. The molecule has 178 valence electrons. The fourth-order valence-electron chi connectivity index (χ4n) is 3.72. The fraction of sp³-hybridized carbons (Fsp3) is 0.348. The molecule has 11 heteroatoms. The van der Waals surface area contributed by atoms with E-state index < -0.39 is 4.92 Å². The molecule has 1 amide bonds. The normalized spacial score (nSPS) is 14.2. The SMILES string of the molecule is Cc1ccc(Cc2nsc(N3CCN(CCNC(=O)c4ccc(Cl)c([N+](=O)[O-])c4)CC3)n2)cc1. The number of aryl methyl sites for hydroxylation is 1. The lowest BCUT2D eigenvalue weighted by atomic mass is 10.1. The average Bonchev–Trinajstić information content (AvgIpc) is 3.29. The summed E-state index contributed by atoms with van der Waals surface area (Å²) in [5.74, 6) is 0.491. The topological polar surface area (TPSA) is 105 Å². The Labute approximate surface area is 206 Å². The van der Waals surface area contributed by atoms with Crippen LogP contribution in [-0.2, 0) is 6.42 Å². The summed E-state index contributed by atoms with van der Waals surface area (Å²) in [7, 11) is 0. The summed E-state index contributed by atoms with van der Waals surface area (Å²) in [6, 6.07) is 12.5. The van der Waals surface area contributed by atoms with E-state index in [-0.39, 0.29) is 22.2 Å². The van der Waals surface area contributed by atoms with Crippen molar-refractivity contribution in [2.75, 3.05) is 44.2 Å². The molecule has 0 bridgehead atoms. The van der Waals surface area contributed by atoms with Crippen molar-refractivity contribution in [2.24, 2.45) is 0 Å². The number of hydrogen-bond donors (Lipinski definition) is 1. The molecule has 2 aromatic carbocycles. The molecule has 4 rings (SSSR count). The summed E-state index contributed by atoms with van der Waals surface area (Å²) in [6.07, 6.45) is 0.729. The second kappa shape index (κ2) is 10.9. The number of nitrogens with one attached hydrogen (secondary N) is 1. The number of halogens is 1. The molecular formula is C23H25ClN6O3S. The molecular weight excluding hydrogens is 476 g/mol. The van der Waals surface area contributed by atoms with Crippen molar-refractivity contribution < 1.29 is 9.72 Å². The lowest BCUT2D eigenvalue weighted by Crippen LogP contribution is -2.48. The minimum atomic E-state index is -0.595. The third-order valence-corrected chi connectivity index (χ3v) is 6.84. The van der Waals surface area contributed by atoms with E-state index in [1.807, 2.05) is 0 Å². The van der Waals surface area contributed by atoms with Gasteiger partial charge in [-0.15, -0.1) is 0 Å². The minimum absolute atomic E-state index is 0.0112. The molecule has 1 fully saturated rings. The lowest BCUT2D eigenvalue weighted by molar-refractivity contribution is -0.384. The summed E-state index contributed by atoms with van der Waals surface area (Å²) in [5.41, 5.74) is 2.39. The summed E-state index contributed by atoms with van der Waals surface area (Å²) in [6.45, 7) is 6.63. The first kappa shape index (κ1) is 24.1. The van der Waals surface area contributed by atoms with Crippen LogP contribution in [0.3, 0.4) is 0 Å². The summed E-state index contributed by atoms with van der Waals surface area (Å²) in [4.78, 5) is 32.0. The van der Waals surface area contributed by atoms with Crippen LogP contribution < -0.4 is 10.2 Å². The summed E-state index contributed by atoms with van der Waals surface area (Å²) >= 11 is 7.24. The van der Waals surface area contributed by atoms with Crippen molar-refractivity contribution in [2.45, 2.75) is 13.3 Å². The van der Waals surface area contributed by atoms with Crippen LogP contribution >= 0.6 is 23.1 Å². The lowest BCUT2D eigenvalue weighted by Gasteiger charge is -2.34. The first-order valence-corrected chi connectivity index (χ1v) is 12.1. The molecule has 1 aliphatic heterocycles. The number of nitrogens with zero attached hydrogens (tertiary/aromatic N) is 5. The van der Waals surface area contributed by atoms with Gasteiger partial charge in [-0.25, -0.2) is 4.98 Å². The predicted molar refractivity (Wildman–Crippen MR) is 133 cm³/mol. The van der Waals surface area contributed by atoms with Crippen molar-refractivity contribution >= 4 is 39.9 Å². The zero-order valence-electron chi connectivity index (χ0n) is 18.7. The maximum Gasteiger partial charge on any atom is 0.288 e. The number of amides is 1.